The molecule has 2 aliphatic rings. The molecule has 0 spiro atoms. The number of ether oxygens (including phenoxy) is 1. The molecule has 0 bridgehead atoms. The lowest BCUT2D eigenvalue weighted by molar-refractivity contribution is -0.0679. The number of aromatic nitrogens is 5. The summed E-state index contributed by atoms with van der Waals surface area (Å²) in [5.74, 6) is 1.19. The van der Waals surface area contributed by atoms with E-state index in [1.165, 1.54) is 0 Å². The van der Waals surface area contributed by atoms with Crippen molar-refractivity contribution in [1.29, 1.82) is 0 Å². The van der Waals surface area contributed by atoms with E-state index in [0.29, 0.717) is 24.9 Å². The molecular formula is C17H18N6O2. The summed E-state index contributed by atoms with van der Waals surface area (Å²) in [6.45, 7) is 3.00. The van der Waals surface area contributed by atoms with Gasteiger partial charge in [-0.15, -0.1) is 15.3 Å². The van der Waals surface area contributed by atoms with Gasteiger partial charge in [-0.2, -0.15) is 0 Å². The first-order chi connectivity index (χ1) is 12.4. The average molecular weight is 338 g/mol. The SMILES string of the molecule is c1ccc(-c2nnc(CN3CC[C@H]4OCc5cnnn5[C@H]4C3)o2)cc1. The number of piperidine rings is 1. The zero-order valence-corrected chi connectivity index (χ0v) is 13.7. The van der Waals surface area contributed by atoms with Gasteiger partial charge < -0.3 is 9.15 Å². The second-order valence-corrected chi connectivity index (χ2v) is 6.48. The van der Waals surface area contributed by atoms with Gasteiger partial charge >= 0.3 is 0 Å². The molecular weight excluding hydrogens is 320 g/mol. The molecule has 8 nitrogen and oxygen atoms in total. The fraction of sp³-hybridized carbons (Fsp3) is 0.412. The number of fused-ring (bicyclic) bond motifs is 3. The van der Waals surface area contributed by atoms with E-state index in [1.807, 2.05) is 35.0 Å². The van der Waals surface area contributed by atoms with Crippen LogP contribution in [-0.4, -0.2) is 49.3 Å². The number of benzene rings is 1. The minimum absolute atomic E-state index is 0.191. The molecule has 0 amide bonds. The highest BCUT2D eigenvalue weighted by molar-refractivity contribution is 5.51. The minimum Gasteiger partial charge on any atom is -0.419 e. The van der Waals surface area contributed by atoms with Crippen molar-refractivity contribution in [2.45, 2.75) is 31.7 Å². The van der Waals surface area contributed by atoms with Gasteiger partial charge in [0, 0.05) is 18.7 Å². The third kappa shape index (κ3) is 2.73. The number of likely N-dealkylation sites (tertiary alicyclic amines) is 1. The summed E-state index contributed by atoms with van der Waals surface area (Å²) in [6.07, 6.45) is 2.94. The van der Waals surface area contributed by atoms with Crippen LogP contribution in [0, 0.1) is 0 Å². The predicted octanol–water partition coefficient (Wildman–Crippen LogP) is 1.67. The first-order valence-electron chi connectivity index (χ1n) is 8.47. The zero-order chi connectivity index (χ0) is 16.6. The Kier molecular flexibility index (Phi) is 3.57. The topological polar surface area (TPSA) is 82.1 Å². The van der Waals surface area contributed by atoms with Gasteiger partial charge in [0.25, 0.3) is 0 Å². The van der Waals surface area contributed by atoms with Crippen molar-refractivity contribution < 1.29 is 9.15 Å². The third-order valence-corrected chi connectivity index (χ3v) is 4.86. The van der Waals surface area contributed by atoms with E-state index >= 15 is 0 Å². The van der Waals surface area contributed by atoms with E-state index < -0.39 is 0 Å². The highest BCUT2D eigenvalue weighted by atomic mass is 16.5. The Morgan fingerprint density at radius 1 is 1.16 bits per heavy atom. The van der Waals surface area contributed by atoms with Gasteiger partial charge in [-0.25, -0.2) is 4.68 Å². The van der Waals surface area contributed by atoms with Crippen LogP contribution in [-0.2, 0) is 17.9 Å². The van der Waals surface area contributed by atoms with Crippen molar-refractivity contribution in [3.8, 4) is 11.5 Å². The van der Waals surface area contributed by atoms with Gasteiger partial charge in [0.1, 0.15) is 0 Å². The van der Waals surface area contributed by atoms with E-state index in [2.05, 4.69) is 25.4 Å². The largest absolute Gasteiger partial charge is 0.419 e. The van der Waals surface area contributed by atoms with Crippen LogP contribution in [0.15, 0.2) is 40.9 Å². The van der Waals surface area contributed by atoms with Crippen LogP contribution in [0.4, 0.5) is 0 Å². The Morgan fingerprint density at radius 2 is 2.08 bits per heavy atom. The summed E-state index contributed by atoms with van der Waals surface area (Å²) in [7, 11) is 0. The lowest BCUT2D eigenvalue weighted by Gasteiger charge is -2.40. The number of rotatable bonds is 3. The minimum atomic E-state index is 0.191. The van der Waals surface area contributed by atoms with Crippen LogP contribution < -0.4 is 0 Å². The molecule has 0 aliphatic carbocycles. The summed E-state index contributed by atoms with van der Waals surface area (Å²) in [5.41, 5.74) is 1.97. The van der Waals surface area contributed by atoms with Crippen molar-refractivity contribution >= 4 is 0 Å². The van der Waals surface area contributed by atoms with E-state index in [4.69, 9.17) is 9.15 Å². The molecule has 2 atom stereocenters. The average Bonchev–Trinajstić information content (AvgIpc) is 3.32. The monoisotopic (exact) mass is 338 g/mol. The van der Waals surface area contributed by atoms with Crippen LogP contribution in [0.25, 0.3) is 11.5 Å². The van der Waals surface area contributed by atoms with Crippen molar-refractivity contribution in [3.63, 3.8) is 0 Å². The van der Waals surface area contributed by atoms with Crippen molar-refractivity contribution in [1.82, 2.24) is 30.1 Å². The Hall–Kier alpha value is -2.58. The van der Waals surface area contributed by atoms with Crippen LogP contribution in [0.3, 0.4) is 0 Å². The van der Waals surface area contributed by atoms with Gasteiger partial charge in [-0.3, -0.25) is 4.90 Å². The maximum absolute atomic E-state index is 5.95. The summed E-state index contributed by atoms with van der Waals surface area (Å²) in [4.78, 5) is 2.31. The molecule has 0 radical (unpaired) electrons. The summed E-state index contributed by atoms with van der Waals surface area (Å²) >= 11 is 0. The lowest BCUT2D eigenvalue weighted by Crippen LogP contribution is -2.47. The Morgan fingerprint density at radius 3 is 3.00 bits per heavy atom. The lowest BCUT2D eigenvalue weighted by atomic mass is 10.0. The molecule has 1 saturated heterocycles. The maximum atomic E-state index is 5.95. The normalized spacial score (nSPS) is 23.2. The van der Waals surface area contributed by atoms with Gasteiger partial charge in [0.2, 0.25) is 11.8 Å². The second kappa shape index (κ2) is 6.05. The van der Waals surface area contributed by atoms with Crippen LogP contribution in [0.5, 0.6) is 0 Å². The van der Waals surface area contributed by atoms with E-state index in [9.17, 15) is 0 Å². The predicted molar refractivity (Wildman–Crippen MR) is 87.3 cm³/mol. The Bertz CT molecular complexity index is 861. The van der Waals surface area contributed by atoms with Crippen LogP contribution in [0.2, 0.25) is 0 Å². The number of nitrogens with zero attached hydrogens (tertiary/aromatic N) is 6. The number of hydrogen-bond donors (Lipinski definition) is 0. The van der Waals surface area contributed by atoms with E-state index in [1.54, 1.807) is 6.20 Å². The van der Waals surface area contributed by atoms with E-state index in [0.717, 1.165) is 30.8 Å². The molecule has 5 rings (SSSR count). The first kappa shape index (κ1) is 14.7. The number of hydrogen-bond acceptors (Lipinski definition) is 7. The van der Waals surface area contributed by atoms with Crippen molar-refractivity contribution in [2.24, 2.45) is 0 Å². The van der Waals surface area contributed by atoms with Gasteiger partial charge in [0.15, 0.2) is 0 Å². The van der Waals surface area contributed by atoms with Crippen molar-refractivity contribution in [3.05, 3.63) is 48.1 Å². The zero-order valence-electron chi connectivity index (χ0n) is 13.7. The molecule has 1 fully saturated rings. The highest BCUT2D eigenvalue weighted by Crippen LogP contribution is 2.30. The standard InChI is InChI=1S/C17H18N6O2/c1-2-4-12(5-3-1)17-20-19-16(25-17)10-22-7-6-15-14(9-22)23-13(11-24-15)8-18-21-23/h1-5,8,14-15H,6-7,9-11H2/t14-,15+/m0/s1. The van der Waals surface area contributed by atoms with Gasteiger partial charge in [-0.1, -0.05) is 23.4 Å². The first-order valence-corrected chi connectivity index (χ1v) is 8.47. The quantitative estimate of drug-likeness (QED) is 0.718. The Labute approximate surface area is 144 Å². The van der Waals surface area contributed by atoms with Crippen molar-refractivity contribution in [2.75, 3.05) is 13.1 Å². The highest BCUT2D eigenvalue weighted by Gasteiger charge is 2.36. The van der Waals surface area contributed by atoms with Gasteiger partial charge in [-0.05, 0) is 18.6 Å². The molecule has 8 heteroatoms. The summed E-state index contributed by atoms with van der Waals surface area (Å²) in [5, 5.41) is 16.6. The molecule has 3 aromatic rings. The molecule has 4 heterocycles. The molecule has 0 saturated carbocycles. The smallest absolute Gasteiger partial charge is 0.247 e. The molecule has 1 aromatic carbocycles. The van der Waals surface area contributed by atoms with E-state index in [-0.39, 0.29) is 12.1 Å². The molecule has 128 valence electrons. The van der Waals surface area contributed by atoms with Crippen LogP contribution >= 0.6 is 0 Å². The molecule has 0 N–H and O–H groups in total. The maximum Gasteiger partial charge on any atom is 0.247 e. The summed E-state index contributed by atoms with van der Waals surface area (Å²) < 4.78 is 13.8. The summed E-state index contributed by atoms with van der Waals surface area (Å²) in [6, 6.07) is 10.0. The Balaban J connectivity index is 1.31. The second-order valence-electron chi connectivity index (χ2n) is 6.48. The fourth-order valence-electron chi connectivity index (χ4n) is 3.59. The molecule has 25 heavy (non-hydrogen) atoms. The fourth-order valence-corrected chi connectivity index (χ4v) is 3.59. The molecule has 0 unspecified atom stereocenters. The van der Waals surface area contributed by atoms with Gasteiger partial charge in [0.05, 0.1) is 37.2 Å². The van der Waals surface area contributed by atoms with Crippen LogP contribution in [0.1, 0.15) is 24.0 Å². The third-order valence-electron chi connectivity index (χ3n) is 4.86. The molecule has 2 aliphatic heterocycles. The molecule has 2 aromatic heterocycles.